The van der Waals surface area contributed by atoms with Crippen LogP contribution in [-0.4, -0.2) is 41.1 Å². The summed E-state index contributed by atoms with van der Waals surface area (Å²) in [6.07, 6.45) is 7.18. The fourth-order valence-electron chi connectivity index (χ4n) is 3.91. The summed E-state index contributed by atoms with van der Waals surface area (Å²) in [7, 11) is 0. The van der Waals surface area contributed by atoms with Gasteiger partial charge in [0.15, 0.2) is 5.69 Å². The van der Waals surface area contributed by atoms with Gasteiger partial charge in [-0.2, -0.15) is 0 Å². The van der Waals surface area contributed by atoms with Gasteiger partial charge in [0, 0.05) is 24.1 Å². The molecule has 24 heavy (non-hydrogen) atoms. The van der Waals surface area contributed by atoms with Crippen molar-refractivity contribution in [3.05, 3.63) is 17.5 Å². The van der Waals surface area contributed by atoms with Crippen molar-refractivity contribution >= 4 is 5.91 Å². The minimum absolute atomic E-state index is 0.0964. The highest BCUT2D eigenvalue weighted by Crippen LogP contribution is 2.27. The first-order chi connectivity index (χ1) is 11.5. The van der Waals surface area contributed by atoms with Gasteiger partial charge in [-0.15, -0.1) is 0 Å². The minimum atomic E-state index is -0.0964. The third-order valence-electron chi connectivity index (χ3n) is 5.70. The summed E-state index contributed by atoms with van der Waals surface area (Å²) in [5.41, 5.74) is 0.408. The third kappa shape index (κ3) is 4.18. The zero-order valence-electron chi connectivity index (χ0n) is 15.3. The second-order valence-electron chi connectivity index (χ2n) is 7.97. The average Bonchev–Trinajstić information content (AvgIpc) is 3.07. The van der Waals surface area contributed by atoms with Crippen molar-refractivity contribution in [1.82, 2.24) is 15.4 Å². The van der Waals surface area contributed by atoms with E-state index in [1.807, 2.05) is 13.8 Å². The number of rotatable bonds is 4. The van der Waals surface area contributed by atoms with E-state index in [-0.39, 0.29) is 17.9 Å². The van der Waals surface area contributed by atoms with Gasteiger partial charge in [-0.1, -0.05) is 25.9 Å². The van der Waals surface area contributed by atoms with E-state index in [2.05, 4.69) is 22.3 Å². The van der Waals surface area contributed by atoms with Crippen LogP contribution >= 0.6 is 0 Å². The van der Waals surface area contributed by atoms with Crippen molar-refractivity contribution in [1.29, 1.82) is 0 Å². The maximum atomic E-state index is 12.3. The molecule has 0 bridgehead atoms. The molecule has 1 aliphatic heterocycles. The van der Waals surface area contributed by atoms with E-state index in [9.17, 15) is 4.79 Å². The van der Waals surface area contributed by atoms with E-state index in [0.29, 0.717) is 11.7 Å². The van der Waals surface area contributed by atoms with Crippen molar-refractivity contribution in [2.75, 3.05) is 13.1 Å². The fraction of sp³-hybridized carbons (Fsp3) is 0.789. The number of hydrogen-bond donors (Lipinski definition) is 1. The molecule has 1 amide bonds. The van der Waals surface area contributed by atoms with Crippen LogP contribution in [0, 0.1) is 5.92 Å². The Morgan fingerprint density at radius 3 is 2.46 bits per heavy atom. The van der Waals surface area contributed by atoms with Gasteiger partial charge in [0.1, 0.15) is 5.76 Å². The fourth-order valence-corrected chi connectivity index (χ4v) is 3.91. The second-order valence-corrected chi connectivity index (χ2v) is 7.97. The maximum absolute atomic E-state index is 12.3. The van der Waals surface area contributed by atoms with Crippen molar-refractivity contribution in [3.63, 3.8) is 0 Å². The smallest absolute Gasteiger partial charge is 0.273 e. The molecule has 0 unspecified atom stereocenters. The van der Waals surface area contributed by atoms with Crippen LogP contribution in [0.4, 0.5) is 0 Å². The number of nitrogens with one attached hydrogen (secondary N) is 1. The summed E-state index contributed by atoms with van der Waals surface area (Å²) in [5.74, 6) is 1.81. The Balaban J connectivity index is 1.45. The standard InChI is InChI=1S/C19H31N3O2/c1-13(2)18-12-17(21-24-18)19(23)20-15-4-6-16(7-5-15)22-10-8-14(3)9-11-22/h12-16H,4-11H2,1-3H3,(H,20,23). The lowest BCUT2D eigenvalue weighted by Gasteiger charge is -2.40. The van der Waals surface area contributed by atoms with Crippen LogP contribution in [0.1, 0.15) is 81.5 Å². The Kier molecular flexibility index (Phi) is 5.59. The monoisotopic (exact) mass is 333 g/mol. The van der Waals surface area contributed by atoms with Gasteiger partial charge in [0.25, 0.3) is 5.91 Å². The van der Waals surface area contributed by atoms with Crippen LogP contribution in [0.3, 0.4) is 0 Å². The molecule has 1 aliphatic carbocycles. The van der Waals surface area contributed by atoms with Crippen molar-refractivity contribution in [2.45, 2.75) is 77.3 Å². The zero-order chi connectivity index (χ0) is 17.1. The largest absolute Gasteiger partial charge is 0.360 e. The molecule has 3 rings (SSSR count). The Morgan fingerprint density at radius 1 is 1.21 bits per heavy atom. The molecule has 1 N–H and O–H groups in total. The Morgan fingerprint density at radius 2 is 1.88 bits per heavy atom. The van der Waals surface area contributed by atoms with E-state index in [1.165, 1.54) is 38.8 Å². The van der Waals surface area contributed by atoms with Gasteiger partial charge in [-0.3, -0.25) is 4.79 Å². The van der Waals surface area contributed by atoms with Crippen molar-refractivity contribution in [2.24, 2.45) is 5.92 Å². The predicted molar refractivity (Wildman–Crippen MR) is 94.1 cm³/mol. The van der Waals surface area contributed by atoms with Crippen molar-refractivity contribution in [3.8, 4) is 0 Å². The van der Waals surface area contributed by atoms with Crippen LogP contribution in [-0.2, 0) is 0 Å². The van der Waals surface area contributed by atoms with E-state index in [0.717, 1.165) is 24.5 Å². The molecule has 134 valence electrons. The number of aromatic nitrogens is 1. The SMILES string of the molecule is CC1CCN(C2CCC(NC(=O)c3cc(C(C)C)on3)CC2)CC1. The number of hydrogen-bond acceptors (Lipinski definition) is 4. The number of likely N-dealkylation sites (tertiary alicyclic amines) is 1. The van der Waals surface area contributed by atoms with E-state index in [4.69, 9.17) is 4.52 Å². The summed E-state index contributed by atoms with van der Waals surface area (Å²) in [4.78, 5) is 15.0. The molecule has 2 aliphatic rings. The molecule has 5 nitrogen and oxygen atoms in total. The van der Waals surface area contributed by atoms with Crippen LogP contribution in [0.2, 0.25) is 0 Å². The maximum Gasteiger partial charge on any atom is 0.273 e. The molecule has 0 spiro atoms. The molecule has 5 heteroatoms. The Bertz CT molecular complexity index is 539. The molecule has 1 aromatic heterocycles. The lowest BCUT2D eigenvalue weighted by Crippen LogP contribution is -2.46. The summed E-state index contributed by atoms with van der Waals surface area (Å²) >= 11 is 0. The first kappa shape index (κ1) is 17.5. The number of carbonyl (C=O) groups excluding carboxylic acids is 1. The van der Waals surface area contributed by atoms with Gasteiger partial charge >= 0.3 is 0 Å². The van der Waals surface area contributed by atoms with Gasteiger partial charge in [-0.25, -0.2) is 0 Å². The van der Waals surface area contributed by atoms with Crippen LogP contribution in [0.25, 0.3) is 0 Å². The quantitative estimate of drug-likeness (QED) is 0.915. The first-order valence-corrected chi connectivity index (χ1v) is 9.54. The first-order valence-electron chi connectivity index (χ1n) is 9.54. The van der Waals surface area contributed by atoms with Crippen LogP contribution in [0.15, 0.2) is 10.6 Å². The summed E-state index contributed by atoms with van der Waals surface area (Å²) in [5, 5.41) is 7.04. The molecule has 0 atom stereocenters. The second kappa shape index (κ2) is 7.68. The highest BCUT2D eigenvalue weighted by atomic mass is 16.5. The van der Waals surface area contributed by atoms with Gasteiger partial charge in [0.05, 0.1) is 0 Å². The number of carbonyl (C=O) groups is 1. The van der Waals surface area contributed by atoms with Crippen LogP contribution in [0.5, 0.6) is 0 Å². The molecule has 2 fully saturated rings. The minimum Gasteiger partial charge on any atom is -0.360 e. The number of amides is 1. The van der Waals surface area contributed by atoms with E-state index >= 15 is 0 Å². The average molecular weight is 333 g/mol. The molecular weight excluding hydrogens is 302 g/mol. The third-order valence-corrected chi connectivity index (χ3v) is 5.70. The van der Waals surface area contributed by atoms with Gasteiger partial charge in [0.2, 0.25) is 0 Å². The predicted octanol–water partition coefficient (Wildman–Crippen LogP) is 3.57. The van der Waals surface area contributed by atoms with Crippen molar-refractivity contribution < 1.29 is 9.32 Å². The highest BCUT2D eigenvalue weighted by Gasteiger charge is 2.29. The lowest BCUT2D eigenvalue weighted by atomic mass is 9.88. The molecular formula is C19H31N3O2. The molecule has 2 heterocycles. The summed E-state index contributed by atoms with van der Waals surface area (Å²) < 4.78 is 5.22. The molecule has 1 saturated carbocycles. The molecule has 1 saturated heterocycles. The molecule has 0 aromatic carbocycles. The topological polar surface area (TPSA) is 58.4 Å². The van der Waals surface area contributed by atoms with Gasteiger partial charge < -0.3 is 14.7 Å². The Labute approximate surface area is 145 Å². The van der Waals surface area contributed by atoms with E-state index < -0.39 is 0 Å². The van der Waals surface area contributed by atoms with Gasteiger partial charge in [-0.05, 0) is 57.5 Å². The summed E-state index contributed by atoms with van der Waals surface area (Å²) in [6.45, 7) is 8.92. The lowest BCUT2D eigenvalue weighted by molar-refractivity contribution is 0.0853. The Hall–Kier alpha value is -1.36. The molecule has 0 radical (unpaired) electrons. The number of nitrogens with zero attached hydrogens (tertiary/aromatic N) is 2. The van der Waals surface area contributed by atoms with Crippen LogP contribution < -0.4 is 5.32 Å². The molecule has 1 aromatic rings. The normalized spacial score (nSPS) is 26.7. The number of piperidine rings is 1. The zero-order valence-corrected chi connectivity index (χ0v) is 15.3. The van der Waals surface area contributed by atoms with E-state index in [1.54, 1.807) is 6.07 Å². The highest BCUT2D eigenvalue weighted by molar-refractivity contribution is 5.92. The summed E-state index contributed by atoms with van der Waals surface area (Å²) in [6, 6.07) is 2.75.